The number of carbonyl (C=O) groups is 3. The van der Waals surface area contributed by atoms with Gasteiger partial charge in [0.05, 0.1) is 22.6 Å². The second kappa shape index (κ2) is 8.05. The average molecular weight is 481 g/mol. The Morgan fingerprint density at radius 3 is 2.25 bits per heavy atom. The highest BCUT2D eigenvalue weighted by Crippen LogP contribution is 2.38. The summed E-state index contributed by atoms with van der Waals surface area (Å²) in [6.07, 6.45) is 2.24. The number of amides is 2. The molecule has 0 aliphatic carbocycles. The van der Waals surface area contributed by atoms with Crippen LogP contribution in [0.15, 0.2) is 54.6 Å². The van der Waals surface area contributed by atoms with E-state index in [-0.39, 0.29) is 11.3 Å². The fourth-order valence-corrected chi connectivity index (χ4v) is 5.44. The van der Waals surface area contributed by atoms with Crippen LogP contribution in [-0.2, 0) is 0 Å². The molecule has 1 fully saturated rings. The highest BCUT2D eigenvalue weighted by molar-refractivity contribution is 6.36. The van der Waals surface area contributed by atoms with E-state index in [1.165, 1.54) is 6.07 Å². The number of aromatic nitrogens is 2. The standard InChI is InChI=1S/C28H24N4O4/c1-16-14-17(2)32(29-16)24-10-8-18(15-22(24)28(35)36)31-26(33)20-7-5-6-19-23(30-12-3-4-13-30)11-9-21(25(19)20)27(31)34/h5-11,14-15H,3-4,12-13H2,1-2H3,(H,35,36). The maximum Gasteiger partial charge on any atom is 0.337 e. The molecule has 8 heteroatoms. The Kier molecular flexibility index (Phi) is 4.93. The number of aryl methyl sites for hydroxylation is 2. The van der Waals surface area contributed by atoms with Crippen LogP contribution >= 0.6 is 0 Å². The Morgan fingerprint density at radius 1 is 0.889 bits per heavy atom. The number of aromatic carboxylic acids is 1. The van der Waals surface area contributed by atoms with Crippen molar-refractivity contribution in [3.8, 4) is 5.69 Å². The van der Waals surface area contributed by atoms with Crippen molar-refractivity contribution in [3.05, 3.63) is 82.7 Å². The third kappa shape index (κ3) is 3.21. The van der Waals surface area contributed by atoms with Gasteiger partial charge in [0.25, 0.3) is 11.8 Å². The normalized spacial score (nSPS) is 15.3. The van der Waals surface area contributed by atoms with Crippen LogP contribution in [0.3, 0.4) is 0 Å². The number of carboxylic acids is 1. The third-order valence-corrected chi connectivity index (χ3v) is 7.04. The van der Waals surface area contributed by atoms with Gasteiger partial charge >= 0.3 is 5.97 Å². The highest BCUT2D eigenvalue weighted by Gasteiger charge is 2.35. The predicted octanol–water partition coefficient (Wildman–Crippen LogP) is 4.74. The van der Waals surface area contributed by atoms with Gasteiger partial charge in [0.2, 0.25) is 0 Å². The molecular formula is C28H24N4O4. The minimum atomic E-state index is -1.17. The number of imide groups is 1. The van der Waals surface area contributed by atoms with Crippen molar-refractivity contribution in [1.82, 2.24) is 9.78 Å². The van der Waals surface area contributed by atoms with Crippen LogP contribution in [-0.4, -0.2) is 45.8 Å². The molecule has 1 aromatic heterocycles. The predicted molar refractivity (Wildman–Crippen MR) is 137 cm³/mol. The molecule has 8 nitrogen and oxygen atoms in total. The van der Waals surface area contributed by atoms with E-state index in [4.69, 9.17) is 0 Å². The number of nitrogens with zero attached hydrogens (tertiary/aromatic N) is 4. The minimum Gasteiger partial charge on any atom is -0.478 e. The van der Waals surface area contributed by atoms with Crippen LogP contribution in [0, 0.1) is 13.8 Å². The SMILES string of the molecule is Cc1cc(C)n(-c2ccc(N3C(=O)c4cccc5c(N6CCCC6)ccc(c45)C3=O)cc2C(=O)O)n1. The molecule has 6 rings (SSSR count). The summed E-state index contributed by atoms with van der Waals surface area (Å²) in [6, 6.07) is 15.7. The summed E-state index contributed by atoms with van der Waals surface area (Å²) in [5.41, 5.74) is 3.96. The highest BCUT2D eigenvalue weighted by atomic mass is 16.4. The smallest absolute Gasteiger partial charge is 0.337 e. The number of benzene rings is 3. The minimum absolute atomic E-state index is 0.0484. The van der Waals surface area contributed by atoms with Gasteiger partial charge in [0.1, 0.15) is 0 Å². The molecule has 36 heavy (non-hydrogen) atoms. The number of rotatable bonds is 4. The molecule has 0 radical (unpaired) electrons. The molecule has 2 aliphatic rings. The van der Waals surface area contributed by atoms with Crippen molar-refractivity contribution in [3.63, 3.8) is 0 Å². The molecule has 4 aromatic rings. The Hall–Kier alpha value is -4.46. The van der Waals surface area contributed by atoms with Crippen molar-refractivity contribution < 1.29 is 19.5 Å². The second-order valence-electron chi connectivity index (χ2n) is 9.35. The van der Waals surface area contributed by atoms with E-state index < -0.39 is 17.8 Å². The van der Waals surface area contributed by atoms with Crippen LogP contribution in [0.2, 0.25) is 0 Å². The first-order valence-electron chi connectivity index (χ1n) is 12.0. The van der Waals surface area contributed by atoms with Gasteiger partial charge in [-0.15, -0.1) is 0 Å². The van der Waals surface area contributed by atoms with Crippen molar-refractivity contribution in [2.24, 2.45) is 0 Å². The number of carboxylic acid groups (broad SMARTS) is 1. The lowest BCUT2D eigenvalue weighted by Gasteiger charge is -2.29. The third-order valence-electron chi connectivity index (χ3n) is 7.04. The summed E-state index contributed by atoms with van der Waals surface area (Å²) in [5, 5.41) is 15.9. The molecule has 180 valence electrons. The molecule has 0 spiro atoms. The van der Waals surface area contributed by atoms with E-state index in [1.54, 1.807) is 28.9 Å². The topological polar surface area (TPSA) is 95.7 Å². The summed E-state index contributed by atoms with van der Waals surface area (Å²) >= 11 is 0. The van der Waals surface area contributed by atoms with E-state index in [1.807, 2.05) is 38.1 Å². The summed E-state index contributed by atoms with van der Waals surface area (Å²) in [5.74, 6) is -2.10. The van der Waals surface area contributed by atoms with E-state index in [2.05, 4.69) is 10.00 Å². The number of carbonyl (C=O) groups excluding carboxylic acids is 2. The molecule has 1 N–H and O–H groups in total. The van der Waals surface area contributed by atoms with Crippen LogP contribution in [0.1, 0.15) is 55.3 Å². The molecule has 0 saturated carbocycles. The van der Waals surface area contributed by atoms with Gasteiger partial charge < -0.3 is 10.0 Å². The first-order valence-corrected chi connectivity index (χ1v) is 12.0. The molecule has 2 aliphatic heterocycles. The maximum atomic E-state index is 13.7. The maximum absolute atomic E-state index is 13.7. The zero-order chi connectivity index (χ0) is 25.1. The number of hydrogen-bond acceptors (Lipinski definition) is 5. The molecular weight excluding hydrogens is 456 g/mol. The zero-order valence-electron chi connectivity index (χ0n) is 20.0. The van der Waals surface area contributed by atoms with Gasteiger partial charge in [-0.2, -0.15) is 5.10 Å². The van der Waals surface area contributed by atoms with Crippen LogP contribution in [0.25, 0.3) is 16.5 Å². The molecule has 1 saturated heterocycles. The Labute approximate surface area is 207 Å². The summed E-state index contributed by atoms with van der Waals surface area (Å²) < 4.78 is 1.55. The first kappa shape index (κ1) is 22.0. The lowest BCUT2D eigenvalue weighted by atomic mass is 9.92. The molecule has 2 amide bonds. The van der Waals surface area contributed by atoms with E-state index in [0.29, 0.717) is 22.2 Å². The molecule has 0 bridgehead atoms. The van der Waals surface area contributed by atoms with Crippen LogP contribution in [0.5, 0.6) is 0 Å². The zero-order valence-corrected chi connectivity index (χ0v) is 20.0. The van der Waals surface area contributed by atoms with Gasteiger partial charge in [0.15, 0.2) is 0 Å². The van der Waals surface area contributed by atoms with Crippen LogP contribution < -0.4 is 9.80 Å². The van der Waals surface area contributed by atoms with E-state index in [9.17, 15) is 19.5 Å². The number of anilines is 2. The van der Waals surface area contributed by atoms with Gasteiger partial charge in [-0.05, 0) is 69.2 Å². The molecule has 3 heterocycles. The van der Waals surface area contributed by atoms with Gasteiger partial charge in [-0.1, -0.05) is 12.1 Å². The summed E-state index contributed by atoms with van der Waals surface area (Å²) in [6.45, 7) is 5.57. The van der Waals surface area contributed by atoms with Gasteiger partial charge in [0, 0.05) is 46.4 Å². The summed E-state index contributed by atoms with van der Waals surface area (Å²) in [4.78, 5) is 42.9. The Morgan fingerprint density at radius 2 is 1.58 bits per heavy atom. The van der Waals surface area contributed by atoms with E-state index in [0.717, 1.165) is 53.3 Å². The Balaban J connectivity index is 1.48. The largest absolute Gasteiger partial charge is 0.478 e. The van der Waals surface area contributed by atoms with Crippen molar-refractivity contribution in [2.75, 3.05) is 22.9 Å². The fraction of sp³-hybridized carbons (Fsp3) is 0.214. The second-order valence-corrected chi connectivity index (χ2v) is 9.35. The molecule has 0 atom stereocenters. The lowest BCUT2D eigenvalue weighted by molar-refractivity contribution is 0.0695. The Bertz CT molecular complexity index is 1570. The lowest BCUT2D eigenvalue weighted by Crippen LogP contribution is -2.40. The van der Waals surface area contributed by atoms with Crippen molar-refractivity contribution >= 4 is 39.9 Å². The van der Waals surface area contributed by atoms with Gasteiger partial charge in [-0.3, -0.25) is 9.59 Å². The van der Waals surface area contributed by atoms with E-state index >= 15 is 0 Å². The number of hydrogen-bond donors (Lipinski definition) is 1. The molecule has 3 aromatic carbocycles. The van der Waals surface area contributed by atoms with Crippen LogP contribution in [0.4, 0.5) is 11.4 Å². The summed E-state index contributed by atoms with van der Waals surface area (Å²) in [7, 11) is 0. The van der Waals surface area contributed by atoms with Gasteiger partial charge in [-0.25, -0.2) is 14.4 Å². The van der Waals surface area contributed by atoms with Crippen molar-refractivity contribution in [2.45, 2.75) is 26.7 Å². The molecule has 0 unspecified atom stereocenters. The quantitative estimate of drug-likeness (QED) is 0.424. The first-order chi connectivity index (χ1) is 17.3. The average Bonchev–Trinajstić information content (AvgIpc) is 3.51. The van der Waals surface area contributed by atoms with Crippen molar-refractivity contribution in [1.29, 1.82) is 0 Å². The fourth-order valence-electron chi connectivity index (χ4n) is 5.44. The monoisotopic (exact) mass is 480 g/mol.